The minimum atomic E-state index is -4.67. The van der Waals surface area contributed by atoms with Crippen LogP contribution in [0.1, 0.15) is 11.5 Å². The lowest BCUT2D eigenvalue weighted by Gasteiger charge is -2.09. The second-order valence-corrected chi connectivity index (χ2v) is 5.80. The van der Waals surface area contributed by atoms with Crippen LogP contribution in [0.15, 0.2) is 42.9 Å². The van der Waals surface area contributed by atoms with Crippen molar-refractivity contribution < 1.29 is 17.9 Å². The van der Waals surface area contributed by atoms with E-state index in [9.17, 15) is 13.2 Å². The number of nitrogens with one attached hydrogen (secondary N) is 2. The van der Waals surface area contributed by atoms with E-state index in [1.807, 2.05) is 24.3 Å². The predicted molar refractivity (Wildman–Crippen MR) is 94.1 cm³/mol. The molecule has 0 radical (unpaired) electrons. The summed E-state index contributed by atoms with van der Waals surface area (Å²) in [4.78, 5) is 13.5. The second kappa shape index (κ2) is 6.83. The Morgan fingerprint density at radius 2 is 1.93 bits per heavy atom. The zero-order chi connectivity index (χ0) is 19.7. The van der Waals surface area contributed by atoms with E-state index in [2.05, 4.69) is 30.4 Å². The zero-order valence-corrected chi connectivity index (χ0v) is 14.5. The van der Waals surface area contributed by atoms with E-state index in [4.69, 9.17) is 4.74 Å². The number of nitrogens with zero attached hydrogens (tertiary/aromatic N) is 5. The van der Waals surface area contributed by atoms with Crippen molar-refractivity contribution in [2.75, 3.05) is 12.4 Å². The number of hydrogen-bond donors (Lipinski definition) is 2. The number of benzene rings is 1. The summed E-state index contributed by atoms with van der Waals surface area (Å²) in [6.07, 6.45) is -1.64. The van der Waals surface area contributed by atoms with Crippen molar-refractivity contribution in [1.82, 2.24) is 29.7 Å². The maximum atomic E-state index is 13.0. The fourth-order valence-corrected chi connectivity index (χ4v) is 2.60. The third-order valence-corrected chi connectivity index (χ3v) is 3.96. The van der Waals surface area contributed by atoms with Crippen LogP contribution in [0.25, 0.3) is 16.9 Å². The van der Waals surface area contributed by atoms with Crippen molar-refractivity contribution in [1.29, 1.82) is 0 Å². The number of aromatic amines is 1. The Bertz CT molecular complexity index is 1100. The number of methoxy groups -OCH3 is 1. The van der Waals surface area contributed by atoms with Crippen molar-refractivity contribution in [3.63, 3.8) is 0 Å². The molecule has 3 heterocycles. The maximum absolute atomic E-state index is 13.0. The Balaban J connectivity index is 1.55. The minimum Gasteiger partial charge on any atom is -0.497 e. The molecule has 1 aromatic carbocycles. The number of fused-ring (bicyclic) bond motifs is 1. The van der Waals surface area contributed by atoms with Crippen LogP contribution in [0.4, 0.5) is 19.0 Å². The molecule has 2 N–H and O–H groups in total. The van der Waals surface area contributed by atoms with E-state index < -0.39 is 12.0 Å². The lowest BCUT2D eigenvalue weighted by molar-refractivity contribution is -0.144. The highest BCUT2D eigenvalue weighted by Gasteiger charge is 2.36. The molecule has 0 bridgehead atoms. The summed E-state index contributed by atoms with van der Waals surface area (Å²) in [6.45, 7) is 0.172. The van der Waals surface area contributed by atoms with E-state index in [1.54, 1.807) is 24.1 Å². The van der Waals surface area contributed by atoms with Crippen LogP contribution >= 0.6 is 0 Å². The topological polar surface area (TPSA) is 93.5 Å². The van der Waals surface area contributed by atoms with Gasteiger partial charge in [-0.15, -0.1) is 0 Å². The highest BCUT2D eigenvalue weighted by molar-refractivity contribution is 5.82. The molecule has 0 unspecified atom stereocenters. The summed E-state index contributed by atoms with van der Waals surface area (Å²) in [5, 5.41) is 7.28. The van der Waals surface area contributed by atoms with Gasteiger partial charge in [0.2, 0.25) is 5.82 Å². The van der Waals surface area contributed by atoms with Gasteiger partial charge >= 0.3 is 6.18 Å². The molecule has 4 aromatic rings. The summed E-state index contributed by atoms with van der Waals surface area (Å²) in [5.74, 6) is -0.516. The fourth-order valence-electron chi connectivity index (χ4n) is 2.60. The number of hydrogen-bond acceptors (Lipinski definition) is 6. The first-order valence-corrected chi connectivity index (χ1v) is 8.15. The molecule has 0 amide bonds. The Labute approximate surface area is 156 Å². The lowest BCUT2D eigenvalue weighted by Crippen LogP contribution is -2.14. The number of H-pyrrole nitrogens is 1. The zero-order valence-electron chi connectivity index (χ0n) is 14.5. The number of aromatic nitrogens is 6. The average Bonchev–Trinajstić information content (AvgIpc) is 3.34. The molecule has 8 nitrogen and oxygen atoms in total. The van der Waals surface area contributed by atoms with Crippen LogP contribution in [0.3, 0.4) is 0 Å². The molecule has 0 saturated carbocycles. The van der Waals surface area contributed by atoms with Gasteiger partial charge in [-0.05, 0) is 30.3 Å². The van der Waals surface area contributed by atoms with Gasteiger partial charge in [0.15, 0.2) is 11.5 Å². The van der Waals surface area contributed by atoms with E-state index in [0.29, 0.717) is 11.2 Å². The Hall–Kier alpha value is -3.63. The summed E-state index contributed by atoms with van der Waals surface area (Å²) in [6, 6.07) is 9.06. The Morgan fingerprint density at radius 1 is 1.14 bits per heavy atom. The van der Waals surface area contributed by atoms with Crippen LogP contribution in [-0.4, -0.2) is 36.8 Å². The van der Waals surface area contributed by atoms with Gasteiger partial charge in [-0.2, -0.15) is 18.3 Å². The van der Waals surface area contributed by atoms with E-state index >= 15 is 0 Å². The number of rotatable bonds is 5. The van der Waals surface area contributed by atoms with E-state index in [0.717, 1.165) is 11.4 Å². The molecular formula is C17H14F3N7O. The highest BCUT2D eigenvalue weighted by atomic mass is 19.4. The molecule has 0 spiro atoms. The van der Waals surface area contributed by atoms with E-state index in [1.165, 1.54) is 6.33 Å². The largest absolute Gasteiger partial charge is 0.497 e. The summed E-state index contributed by atoms with van der Waals surface area (Å²) in [7, 11) is 1.58. The molecule has 0 aliphatic carbocycles. The molecule has 0 aliphatic rings. The molecular weight excluding hydrogens is 375 g/mol. The van der Waals surface area contributed by atoms with Crippen molar-refractivity contribution >= 4 is 17.0 Å². The van der Waals surface area contributed by atoms with Gasteiger partial charge in [-0.25, -0.2) is 19.6 Å². The van der Waals surface area contributed by atoms with Gasteiger partial charge in [-0.3, -0.25) is 0 Å². The predicted octanol–water partition coefficient (Wildman–Crippen LogP) is 3.18. The molecule has 0 saturated heterocycles. The van der Waals surface area contributed by atoms with Crippen molar-refractivity contribution in [2.45, 2.75) is 12.7 Å². The number of anilines is 1. The normalized spacial score (nSPS) is 11.7. The van der Waals surface area contributed by atoms with Gasteiger partial charge < -0.3 is 15.0 Å². The second-order valence-electron chi connectivity index (χ2n) is 5.80. The minimum absolute atomic E-state index is 0.00817. The summed E-state index contributed by atoms with van der Waals surface area (Å²) >= 11 is 0. The monoisotopic (exact) mass is 389 g/mol. The van der Waals surface area contributed by atoms with Crippen LogP contribution in [0.5, 0.6) is 5.75 Å². The summed E-state index contributed by atoms with van der Waals surface area (Å²) in [5.41, 5.74) is 1.68. The quantitative estimate of drug-likeness (QED) is 0.545. The van der Waals surface area contributed by atoms with E-state index in [-0.39, 0.29) is 18.0 Å². The van der Waals surface area contributed by atoms with Gasteiger partial charge in [0, 0.05) is 6.20 Å². The molecule has 0 aliphatic heterocycles. The van der Waals surface area contributed by atoms with Gasteiger partial charge in [0.1, 0.15) is 11.3 Å². The fraction of sp³-hybridized carbons (Fsp3) is 0.176. The van der Waals surface area contributed by atoms with Crippen LogP contribution in [0.2, 0.25) is 0 Å². The number of imidazole rings is 1. The molecule has 0 atom stereocenters. The first-order valence-electron chi connectivity index (χ1n) is 8.15. The van der Waals surface area contributed by atoms with Crippen molar-refractivity contribution in [2.24, 2.45) is 0 Å². The third-order valence-electron chi connectivity index (χ3n) is 3.96. The molecule has 3 aromatic heterocycles. The average molecular weight is 389 g/mol. The van der Waals surface area contributed by atoms with Crippen LogP contribution in [-0.2, 0) is 12.7 Å². The van der Waals surface area contributed by atoms with Crippen molar-refractivity contribution in [3.8, 4) is 11.4 Å². The van der Waals surface area contributed by atoms with Crippen LogP contribution < -0.4 is 10.1 Å². The van der Waals surface area contributed by atoms with Gasteiger partial charge in [-0.1, -0.05) is 0 Å². The Kier molecular flexibility index (Phi) is 4.34. The first kappa shape index (κ1) is 17.8. The third kappa shape index (κ3) is 3.46. The summed E-state index contributed by atoms with van der Waals surface area (Å²) < 4.78 is 45.8. The number of halogens is 3. The molecule has 28 heavy (non-hydrogen) atoms. The lowest BCUT2D eigenvalue weighted by atomic mass is 10.3. The SMILES string of the molecule is COc1ccc(-n2ccc(CNc3nc(C(F)(F)F)nc4nc[nH]c34)n2)cc1. The first-order chi connectivity index (χ1) is 13.4. The molecule has 0 fully saturated rings. The molecule has 4 rings (SSSR count). The van der Waals surface area contributed by atoms with Crippen LogP contribution in [0, 0.1) is 0 Å². The van der Waals surface area contributed by atoms with Gasteiger partial charge in [0.05, 0.1) is 31.4 Å². The molecule has 144 valence electrons. The number of ether oxygens (including phenoxy) is 1. The number of alkyl halides is 3. The van der Waals surface area contributed by atoms with Gasteiger partial charge in [0.25, 0.3) is 0 Å². The maximum Gasteiger partial charge on any atom is 0.451 e. The smallest absolute Gasteiger partial charge is 0.451 e. The highest BCUT2D eigenvalue weighted by Crippen LogP contribution is 2.29. The Morgan fingerprint density at radius 3 is 2.64 bits per heavy atom. The molecule has 11 heteroatoms. The standard InChI is InChI=1S/C17H14F3N7O/c1-28-12-4-2-11(3-5-12)27-7-6-10(26-27)8-21-14-13-15(23-9-22-13)25-16(24-14)17(18,19)20/h2-7,9H,8H2,1H3,(H2,21,22,23,24,25). The van der Waals surface area contributed by atoms with Crippen molar-refractivity contribution in [3.05, 3.63) is 54.4 Å².